The lowest BCUT2D eigenvalue weighted by atomic mass is 10.2. The molecule has 0 aromatic carbocycles. The van der Waals surface area contributed by atoms with Crippen molar-refractivity contribution in [3.8, 4) is 0 Å². The van der Waals surface area contributed by atoms with Gasteiger partial charge in [-0.25, -0.2) is 0 Å². The molecule has 4 rings (SSSR count). The summed E-state index contributed by atoms with van der Waals surface area (Å²) in [7, 11) is 2.07. The average Bonchev–Trinajstić information content (AvgIpc) is 3.45. The van der Waals surface area contributed by atoms with Gasteiger partial charge in [0.1, 0.15) is 17.3 Å². The molecule has 3 aromatic heterocycles. The van der Waals surface area contributed by atoms with Crippen molar-refractivity contribution in [2.24, 2.45) is 0 Å². The standard InChI is InChI=1S/C21H27N5O2S/c1-16-8-9-19(28-16)12-25(2)14-20-23-24-21(26(20)13-18-7-5-11-27-18)29-15-17-6-3-4-10-22-17/h3-4,6,8-10,18H,5,7,11-15H2,1-2H3. The van der Waals surface area contributed by atoms with Crippen molar-refractivity contribution in [2.45, 2.75) is 56.4 Å². The van der Waals surface area contributed by atoms with Crippen LogP contribution in [0.3, 0.4) is 0 Å². The lowest BCUT2D eigenvalue weighted by Gasteiger charge is -2.18. The number of pyridine rings is 1. The lowest BCUT2D eigenvalue weighted by Crippen LogP contribution is -2.23. The molecule has 1 unspecified atom stereocenters. The fourth-order valence-electron chi connectivity index (χ4n) is 3.47. The molecule has 0 radical (unpaired) electrons. The second kappa shape index (κ2) is 9.56. The fraction of sp³-hybridized carbons (Fsp3) is 0.476. The summed E-state index contributed by atoms with van der Waals surface area (Å²) in [5, 5.41) is 9.90. The van der Waals surface area contributed by atoms with Gasteiger partial charge < -0.3 is 13.7 Å². The number of thioether (sulfide) groups is 1. The molecule has 1 atom stereocenters. The summed E-state index contributed by atoms with van der Waals surface area (Å²) in [5.41, 5.74) is 1.04. The van der Waals surface area contributed by atoms with Crippen LogP contribution in [0.5, 0.6) is 0 Å². The highest BCUT2D eigenvalue weighted by Crippen LogP contribution is 2.24. The number of nitrogens with zero attached hydrogens (tertiary/aromatic N) is 5. The first kappa shape index (κ1) is 20.1. The van der Waals surface area contributed by atoms with Gasteiger partial charge in [-0.3, -0.25) is 9.88 Å². The first-order valence-corrected chi connectivity index (χ1v) is 11.0. The van der Waals surface area contributed by atoms with Crippen molar-refractivity contribution in [1.82, 2.24) is 24.6 Å². The van der Waals surface area contributed by atoms with Crippen LogP contribution in [0.1, 0.15) is 35.9 Å². The first-order valence-electron chi connectivity index (χ1n) is 9.97. The molecule has 0 bridgehead atoms. The Morgan fingerprint density at radius 2 is 2.14 bits per heavy atom. The zero-order valence-electron chi connectivity index (χ0n) is 17.0. The van der Waals surface area contributed by atoms with E-state index in [0.29, 0.717) is 6.54 Å². The Morgan fingerprint density at radius 3 is 2.86 bits per heavy atom. The van der Waals surface area contributed by atoms with Gasteiger partial charge in [-0.1, -0.05) is 17.8 Å². The highest BCUT2D eigenvalue weighted by atomic mass is 32.2. The highest BCUT2D eigenvalue weighted by molar-refractivity contribution is 7.98. The van der Waals surface area contributed by atoms with E-state index in [2.05, 4.69) is 31.7 Å². The Morgan fingerprint density at radius 1 is 1.21 bits per heavy atom. The number of hydrogen-bond acceptors (Lipinski definition) is 7. The molecule has 4 heterocycles. The molecule has 0 N–H and O–H groups in total. The predicted octanol–water partition coefficient (Wildman–Crippen LogP) is 3.68. The zero-order valence-corrected chi connectivity index (χ0v) is 17.8. The third-order valence-electron chi connectivity index (χ3n) is 4.91. The topological polar surface area (TPSA) is 69.2 Å². The Kier molecular flexibility index (Phi) is 6.63. The number of aromatic nitrogens is 4. The van der Waals surface area contributed by atoms with Gasteiger partial charge in [0, 0.05) is 18.6 Å². The second-order valence-corrected chi connectivity index (χ2v) is 8.38. The van der Waals surface area contributed by atoms with Crippen molar-refractivity contribution in [3.05, 3.63) is 59.6 Å². The molecule has 29 heavy (non-hydrogen) atoms. The monoisotopic (exact) mass is 413 g/mol. The van der Waals surface area contributed by atoms with Crippen molar-refractivity contribution in [2.75, 3.05) is 13.7 Å². The summed E-state index contributed by atoms with van der Waals surface area (Å²) >= 11 is 1.67. The molecular formula is C21H27N5O2S. The van der Waals surface area contributed by atoms with E-state index in [1.807, 2.05) is 43.5 Å². The van der Waals surface area contributed by atoms with Crippen molar-refractivity contribution in [1.29, 1.82) is 0 Å². The van der Waals surface area contributed by atoms with Crippen LogP contribution in [0, 0.1) is 6.92 Å². The van der Waals surface area contributed by atoms with Gasteiger partial charge in [0.05, 0.1) is 31.4 Å². The maximum Gasteiger partial charge on any atom is 0.191 e. The van der Waals surface area contributed by atoms with Gasteiger partial charge in [0.15, 0.2) is 5.16 Å². The van der Waals surface area contributed by atoms with Gasteiger partial charge >= 0.3 is 0 Å². The Hall–Kier alpha value is -2.16. The minimum atomic E-state index is 0.233. The molecule has 0 aliphatic carbocycles. The van der Waals surface area contributed by atoms with Gasteiger partial charge in [-0.2, -0.15) is 0 Å². The molecule has 8 heteroatoms. The number of furan rings is 1. The van der Waals surface area contributed by atoms with Crippen molar-refractivity contribution >= 4 is 11.8 Å². The predicted molar refractivity (Wildman–Crippen MR) is 111 cm³/mol. The molecule has 7 nitrogen and oxygen atoms in total. The fourth-order valence-corrected chi connectivity index (χ4v) is 4.36. The summed E-state index contributed by atoms with van der Waals surface area (Å²) in [4.78, 5) is 6.61. The minimum absolute atomic E-state index is 0.233. The van der Waals surface area contributed by atoms with Crippen LogP contribution in [0.2, 0.25) is 0 Å². The van der Waals surface area contributed by atoms with E-state index in [0.717, 1.165) is 66.5 Å². The quantitative estimate of drug-likeness (QED) is 0.496. The maximum absolute atomic E-state index is 5.88. The average molecular weight is 414 g/mol. The summed E-state index contributed by atoms with van der Waals surface area (Å²) in [6, 6.07) is 10.00. The summed E-state index contributed by atoms with van der Waals surface area (Å²) in [5.74, 6) is 3.62. The Labute approximate surface area is 175 Å². The van der Waals surface area contributed by atoms with E-state index >= 15 is 0 Å². The van der Waals surface area contributed by atoms with Crippen LogP contribution in [-0.2, 0) is 30.1 Å². The van der Waals surface area contributed by atoms with Crippen LogP contribution >= 0.6 is 11.8 Å². The normalized spacial score (nSPS) is 16.7. The number of aryl methyl sites for hydroxylation is 1. The van der Waals surface area contributed by atoms with Crippen molar-refractivity contribution in [3.63, 3.8) is 0 Å². The molecule has 0 saturated carbocycles. The molecule has 0 spiro atoms. The van der Waals surface area contributed by atoms with Crippen LogP contribution in [-0.4, -0.2) is 44.4 Å². The molecule has 1 saturated heterocycles. The van der Waals surface area contributed by atoms with E-state index in [1.165, 1.54) is 0 Å². The summed E-state index contributed by atoms with van der Waals surface area (Å²) in [6.45, 7) is 5.03. The summed E-state index contributed by atoms with van der Waals surface area (Å²) in [6.07, 6.45) is 4.26. The highest BCUT2D eigenvalue weighted by Gasteiger charge is 2.22. The van der Waals surface area contributed by atoms with Crippen LogP contribution < -0.4 is 0 Å². The smallest absolute Gasteiger partial charge is 0.191 e. The lowest BCUT2D eigenvalue weighted by molar-refractivity contribution is 0.0933. The zero-order chi connectivity index (χ0) is 20.1. The number of rotatable bonds is 9. The largest absolute Gasteiger partial charge is 0.465 e. The van der Waals surface area contributed by atoms with Gasteiger partial charge in [-0.15, -0.1) is 10.2 Å². The van der Waals surface area contributed by atoms with E-state index in [9.17, 15) is 0 Å². The Balaban J connectivity index is 1.46. The van der Waals surface area contributed by atoms with Gasteiger partial charge in [0.25, 0.3) is 0 Å². The molecule has 1 aliphatic heterocycles. The molecule has 154 valence electrons. The molecular weight excluding hydrogens is 386 g/mol. The first-order chi connectivity index (χ1) is 14.2. The molecule has 0 amide bonds. The molecule has 1 aliphatic rings. The SMILES string of the molecule is Cc1ccc(CN(C)Cc2nnc(SCc3ccccn3)n2CC2CCCO2)o1. The van der Waals surface area contributed by atoms with E-state index < -0.39 is 0 Å². The molecule has 3 aromatic rings. The second-order valence-electron chi connectivity index (χ2n) is 7.44. The van der Waals surface area contributed by atoms with E-state index in [4.69, 9.17) is 9.15 Å². The molecule has 1 fully saturated rings. The minimum Gasteiger partial charge on any atom is -0.465 e. The third-order valence-corrected chi connectivity index (χ3v) is 5.91. The van der Waals surface area contributed by atoms with Crippen LogP contribution in [0.4, 0.5) is 0 Å². The van der Waals surface area contributed by atoms with Gasteiger partial charge in [0.2, 0.25) is 0 Å². The van der Waals surface area contributed by atoms with Crippen LogP contribution in [0.25, 0.3) is 0 Å². The van der Waals surface area contributed by atoms with Crippen LogP contribution in [0.15, 0.2) is 46.1 Å². The maximum atomic E-state index is 5.88. The summed E-state index contributed by atoms with van der Waals surface area (Å²) < 4.78 is 13.8. The van der Waals surface area contributed by atoms with Gasteiger partial charge in [-0.05, 0) is 51.1 Å². The number of ether oxygens (including phenoxy) is 1. The third kappa shape index (κ3) is 5.46. The van der Waals surface area contributed by atoms with E-state index in [1.54, 1.807) is 11.8 Å². The van der Waals surface area contributed by atoms with Crippen molar-refractivity contribution < 1.29 is 9.15 Å². The Bertz CT molecular complexity index is 905. The number of hydrogen-bond donors (Lipinski definition) is 0. The van der Waals surface area contributed by atoms with E-state index in [-0.39, 0.29) is 6.10 Å².